The molecule has 0 saturated heterocycles. The topological polar surface area (TPSA) is 67.8 Å². The fourth-order valence-electron chi connectivity index (χ4n) is 3.53. The van der Waals surface area contributed by atoms with Gasteiger partial charge in [-0.05, 0) is 53.4 Å². The van der Waals surface area contributed by atoms with Crippen molar-refractivity contribution in [3.05, 3.63) is 76.4 Å². The van der Waals surface area contributed by atoms with Crippen molar-refractivity contribution in [3.8, 4) is 11.4 Å². The Bertz CT molecular complexity index is 1130. The van der Waals surface area contributed by atoms with Crippen molar-refractivity contribution in [1.82, 2.24) is 20.5 Å². The Kier molecular flexibility index (Phi) is 4.97. The summed E-state index contributed by atoms with van der Waals surface area (Å²) in [5, 5.41) is 10.8. The summed E-state index contributed by atoms with van der Waals surface area (Å²) in [4.78, 5) is 16.4. The monoisotopic (exact) mass is 416 g/mol. The van der Waals surface area contributed by atoms with Crippen LogP contribution in [0.4, 0.5) is 17.6 Å². The Morgan fingerprint density at radius 3 is 2.70 bits per heavy atom. The molecule has 0 unspecified atom stereocenters. The van der Waals surface area contributed by atoms with Crippen LogP contribution in [0.3, 0.4) is 0 Å². The Hall–Kier alpha value is -3.36. The fourth-order valence-corrected chi connectivity index (χ4v) is 3.53. The predicted octanol–water partition coefficient (Wildman–Crippen LogP) is 4.13. The van der Waals surface area contributed by atoms with E-state index in [1.54, 1.807) is 19.1 Å². The average molecular weight is 416 g/mol. The molecule has 5 nitrogen and oxygen atoms in total. The van der Waals surface area contributed by atoms with Gasteiger partial charge in [-0.1, -0.05) is 6.92 Å². The van der Waals surface area contributed by atoms with Crippen LogP contribution in [0.15, 0.2) is 42.7 Å². The lowest BCUT2D eigenvalue weighted by atomic mass is 9.91. The third kappa shape index (κ3) is 3.74. The zero-order chi connectivity index (χ0) is 21.5. The number of nitrogens with one attached hydrogen (secondary N) is 1. The van der Waals surface area contributed by atoms with Crippen molar-refractivity contribution in [2.24, 2.45) is 0 Å². The first-order valence-corrected chi connectivity index (χ1v) is 9.21. The van der Waals surface area contributed by atoms with Gasteiger partial charge in [0.2, 0.25) is 0 Å². The molecular formula is C21H16F4N4O. The predicted molar refractivity (Wildman–Crippen MR) is 100 cm³/mol. The molecule has 154 valence electrons. The third-order valence-electron chi connectivity index (χ3n) is 5.13. The maximum absolute atomic E-state index is 13.8. The molecule has 4 rings (SSSR count). The zero-order valence-corrected chi connectivity index (χ0v) is 15.8. The third-order valence-corrected chi connectivity index (χ3v) is 5.13. The molecule has 9 heteroatoms. The van der Waals surface area contributed by atoms with Gasteiger partial charge in [0.25, 0.3) is 5.91 Å². The number of benzene rings is 1. The molecule has 2 aromatic heterocycles. The minimum Gasteiger partial charge on any atom is -0.352 e. The molecule has 0 saturated carbocycles. The van der Waals surface area contributed by atoms with Crippen LogP contribution >= 0.6 is 0 Å². The largest absolute Gasteiger partial charge is 0.416 e. The van der Waals surface area contributed by atoms with Gasteiger partial charge in [-0.3, -0.25) is 9.78 Å². The molecule has 0 fully saturated rings. The van der Waals surface area contributed by atoms with E-state index in [-0.39, 0.29) is 11.5 Å². The minimum atomic E-state index is -4.65. The summed E-state index contributed by atoms with van der Waals surface area (Å²) in [7, 11) is 0. The smallest absolute Gasteiger partial charge is 0.352 e. The number of alkyl halides is 3. The van der Waals surface area contributed by atoms with Gasteiger partial charge in [0.1, 0.15) is 11.5 Å². The van der Waals surface area contributed by atoms with Gasteiger partial charge in [0.05, 0.1) is 17.5 Å². The van der Waals surface area contributed by atoms with Crippen molar-refractivity contribution < 1.29 is 22.4 Å². The highest BCUT2D eigenvalue weighted by Crippen LogP contribution is 2.34. The molecular weight excluding hydrogens is 400 g/mol. The minimum absolute atomic E-state index is 0.170. The lowest BCUT2D eigenvalue weighted by Gasteiger charge is -2.19. The first kappa shape index (κ1) is 19.9. The van der Waals surface area contributed by atoms with Crippen LogP contribution < -0.4 is 5.32 Å². The van der Waals surface area contributed by atoms with Gasteiger partial charge in [-0.25, -0.2) is 4.39 Å². The number of aromatic nitrogens is 3. The highest BCUT2D eigenvalue weighted by atomic mass is 19.4. The van der Waals surface area contributed by atoms with E-state index in [4.69, 9.17) is 0 Å². The van der Waals surface area contributed by atoms with Gasteiger partial charge in [0, 0.05) is 24.2 Å². The number of amides is 1. The van der Waals surface area contributed by atoms with Gasteiger partial charge in [-0.15, -0.1) is 5.10 Å². The average Bonchev–Trinajstić information content (AvgIpc) is 2.72. The fraction of sp³-hybridized carbons (Fsp3) is 0.238. The Labute approximate surface area is 169 Å². The van der Waals surface area contributed by atoms with Crippen LogP contribution in [-0.2, 0) is 12.6 Å². The van der Waals surface area contributed by atoms with E-state index in [2.05, 4.69) is 20.5 Å². The molecule has 1 atom stereocenters. The molecule has 3 aromatic rings. The van der Waals surface area contributed by atoms with Crippen molar-refractivity contribution in [3.63, 3.8) is 0 Å². The molecule has 0 spiro atoms. The number of halogens is 4. The van der Waals surface area contributed by atoms with E-state index in [9.17, 15) is 22.4 Å². The van der Waals surface area contributed by atoms with Crippen LogP contribution in [0.1, 0.15) is 45.5 Å². The van der Waals surface area contributed by atoms with E-state index < -0.39 is 23.5 Å². The van der Waals surface area contributed by atoms with E-state index in [0.717, 1.165) is 17.7 Å². The molecule has 1 aromatic carbocycles. The Morgan fingerprint density at radius 1 is 1.13 bits per heavy atom. The van der Waals surface area contributed by atoms with E-state index in [1.807, 2.05) is 0 Å². The highest BCUT2D eigenvalue weighted by molar-refractivity contribution is 5.98. The van der Waals surface area contributed by atoms with Gasteiger partial charge < -0.3 is 5.32 Å². The lowest BCUT2D eigenvalue weighted by Crippen LogP contribution is -2.32. The van der Waals surface area contributed by atoms with Crippen molar-refractivity contribution >= 4 is 5.91 Å². The first-order chi connectivity index (χ1) is 14.2. The maximum atomic E-state index is 13.8. The van der Waals surface area contributed by atoms with E-state index in [0.29, 0.717) is 41.5 Å². The Morgan fingerprint density at radius 2 is 1.93 bits per heavy atom. The molecule has 1 N–H and O–H groups in total. The first-order valence-electron chi connectivity index (χ1n) is 9.21. The van der Waals surface area contributed by atoms with E-state index >= 15 is 0 Å². The molecule has 0 bridgehead atoms. The van der Waals surface area contributed by atoms with Gasteiger partial charge in [0.15, 0.2) is 0 Å². The normalized spacial score (nSPS) is 14.8. The van der Waals surface area contributed by atoms with Crippen molar-refractivity contribution in [2.45, 2.75) is 25.4 Å². The molecule has 30 heavy (non-hydrogen) atoms. The summed E-state index contributed by atoms with van der Waals surface area (Å²) in [5.74, 6) is -1.73. The molecule has 1 amide bonds. The van der Waals surface area contributed by atoms with Crippen molar-refractivity contribution in [2.75, 3.05) is 6.54 Å². The second kappa shape index (κ2) is 7.47. The number of hydrogen-bond acceptors (Lipinski definition) is 4. The number of fused-ring (bicyclic) bond motifs is 1. The highest BCUT2D eigenvalue weighted by Gasteiger charge is 2.32. The van der Waals surface area contributed by atoms with Gasteiger partial charge in [-0.2, -0.15) is 18.3 Å². The summed E-state index contributed by atoms with van der Waals surface area (Å²) in [6, 6.07) is 5.76. The summed E-state index contributed by atoms with van der Waals surface area (Å²) in [5.41, 5.74) is 1.83. The van der Waals surface area contributed by atoms with Crippen LogP contribution in [0.5, 0.6) is 0 Å². The number of rotatable bonds is 3. The summed E-state index contributed by atoms with van der Waals surface area (Å²) in [6.07, 6.45) is -1.15. The summed E-state index contributed by atoms with van der Waals surface area (Å²) in [6.45, 7) is 2.13. The second-order valence-electron chi connectivity index (χ2n) is 7.06. The maximum Gasteiger partial charge on any atom is 0.416 e. The lowest BCUT2D eigenvalue weighted by molar-refractivity contribution is -0.137. The number of carbonyl (C=O) groups is 1. The van der Waals surface area contributed by atoms with Crippen LogP contribution in [0, 0.1) is 5.82 Å². The number of carbonyl (C=O) groups excluding carboxylic acids is 1. The number of nitrogens with zero attached hydrogens (tertiary/aromatic N) is 3. The molecule has 1 aliphatic rings. The Balaban J connectivity index is 1.74. The van der Waals surface area contributed by atoms with Crippen LogP contribution in [0.25, 0.3) is 11.4 Å². The van der Waals surface area contributed by atoms with Crippen molar-refractivity contribution in [1.29, 1.82) is 0 Å². The summed E-state index contributed by atoms with van der Waals surface area (Å²) < 4.78 is 53.0. The number of hydrogen-bond donors (Lipinski definition) is 1. The van der Waals surface area contributed by atoms with Crippen LogP contribution in [0.2, 0.25) is 0 Å². The second-order valence-corrected chi connectivity index (χ2v) is 7.06. The standard InChI is InChI=1S/C21H16F4N4O/c1-11(12-6-14(21(23,24)25)9-15(22)7-12)13-8-18(29-28-10-13)19-16-2-5-27-20(30)17(16)3-4-26-19/h3-4,6-11H,2,5H2,1H3,(H,27,30)/t11-/m0/s1. The molecule has 1 aliphatic heterocycles. The quantitative estimate of drug-likeness (QED) is 0.652. The summed E-state index contributed by atoms with van der Waals surface area (Å²) >= 11 is 0. The molecule has 0 radical (unpaired) electrons. The SMILES string of the molecule is C[C@@H](c1cc(F)cc(C(F)(F)F)c1)c1cnnc(-c2nccc3c2CCNC3=O)c1. The number of pyridine rings is 1. The zero-order valence-electron chi connectivity index (χ0n) is 15.8. The molecule has 3 heterocycles. The van der Waals surface area contributed by atoms with Crippen LogP contribution in [-0.4, -0.2) is 27.6 Å². The van der Waals surface area contributed by atoms with E-state index in [1.165, 1.54) is 12.4 Å². The van der Waals surface area contributed by atoms with Gasteiger partial charge >= 0.3 is 6.18 Å². The molecule has 0 aliphatic carbocycles.